The fourth-order valence-corrected chi connectivity index (χ4v) is 2.93. The maximum absolute atomic E-state index is 11.9. The minimum absolute atomic E-state index is 0.274. The average molecular weight is 249 g/mol. The highest BCUT2D eigenvalue weighted by Crippen LogP contribution is 2.06. The summed E-state index contributed by atoms with van der Waals surface area (Å²) in [6.45, 7) is 8.16. The monoisotopic (exact) mass is 249 g/mol. The molecular formula is C12H27NO2S. The molecule has 98 valence electrons. The molecule has 3 atom stereocenters. The van der Waals surface area contributed by atoms with Crippen LogP contribution in [0.5, 0.6) is 0 Å². The highest BCUT2D eigenvalue weighted by molar-refractivity contribution is 7.85. The molecule has 0 aliphatic rings. The first-order valence-electron chi connectivity index (χ1n) is 6.21. The smallest absolute Gasteiger partial charge is 0.0471 e. The molecule has 0 spiro atoms. The molecule has 0 fully saturated rings. The molecule has 16 heavy (non-hydrogen) atoms. The molecule has 0 saturated heterocycles. The summed E-state index contributed by atoms with van der Waals surface area (Å²) in [6, 6.07) is 0.460. The Morgan fingerprint density at radius 1 is 1.38 bits per heavy atom. The van der Waals surface area contributed by atoms with Crippen LogP contribution in [0.4, 0.5) is 0 Å². The molecular weight excluding hydrogens is 222 g/mol. The van der Waals surface area contributed by atoms with E-state index in [1.54, 1.807) is 7.11 Å². The van der Waals surface area contributed by atoms with E-state index in [9.17, 15) is 4.21 Å². The van der Waals surface area contributed by atoms with Gasteiger partial charge < -0.3 is 10.1 Å². The lowest BCUT2D eigenvalue weighted by Crippen LogP contribution is -2.31. The average Bonchev–Trinajstić information content (AvgIpc) is 2.26. The number of hydrogen-bond donors (Lipinski definition) is 1. The van der Waals surface area contributed by atoms with Crippen molar-refractivity contribution in [2.24, 2.45) is 0 Å². The molecule has 0 aliphatic carbocycles. The molecule has 3 nitrogen and oxygen atoms in total. The van der Waals surface area contributed by atoms with Crippen molar-refractivity contribution in [2.75, 3.05) is 26.0 Å². The van der Waals surface area contributed by atoms with Gasteiger partial charge in [-0.15, -0.1) is 0 Å². The molecule has 0 bridgehead atoms. The molecule has 0 amide bonds. The number of nitrogens with one attached hydrogen (secondary N) is 1. The van der Waals surface area contributed by atoms with Gasteiger partial charge in [0, 0.05) is 41.6 Å². The Morgan fingerprint density at radius 3 is 2.62 bits per heavy atom. The van der Waals surface area contributed by atoms with Gasteiger partial charge in [0.2, 0.25) is 0 Å². The Kier molecular flexibility index (Phi) is 10.3. The predicted octanol–water partition coefficient (Wildman–Crippen LogP) is 1.94. The second-order valence-corrected chi connectivity index (χ2v) is 6.31. The topological polar surface area (TPSA) is 38.3 Å². The first kappa shape index (κ1) is 16.1. The summed E-state index contributed by atoms with van der Waals surface area (Å²) >= 11 is 0. The van der Waals surface area contributed by atoms with E-state index in [2.05, 4.69) is 26.1 Å². The van der Waals surface area contributed by atoms with Crippen molar-refractivity contribution in [2.45, 2.75) is 51.3 Å². The standard InChI is InChI=1S/C12H27NO2S/c1-5-7-13-11(2)10-12(3)16(14)9-6-8-15-4/h11-13H,5-10H2,1-4H3. The van der Waals surface area contributed by atoms with Crippen LogP contribution in [-0.4, -0.2) is 41.5 Å². The Balaban J connectivity index is 3.68. The van der Waals surface area contributed by atoms with Gasteiger partial charge in [-0.3, -0.25) is 4.21 Å². The third kappa shape index (κ3) is 8.25. The Labute approximate surface area is 103 Å². The van der Waals surface area contributed by atoms with Crippen LogP contribution in [0.3, 0.4) is 0 Å². The summed E-state index contributed by atoms with van der Waals surface area (Å²) in [6.07, 6.45) is 3.03. The molecule has 4 heteroatoms. The Hall–Kier alpha value is 0.0700. The maximum atomic E-state index is 11.9. The quantitative estimate of drug-likeness (QED) is 0.601. The lowest BCUT2D eigenvalue weighted by Gasteiger charge is -2.18. The molecule has 0 aromatic rings. The van der Waals surface area contributed by atoms with Crippen molar-refractivity contribution in [3.63, 3.8) is 0 Å². The summed E-state index contributed by atoms with van der Waals surface area (Å²) in [5.41, 5.74) is 0. The third-order valence-corrected chi connectivity index (χ3v) is 4.35. The number of methoxy groups -OCH3 is 1. The van der Waals surface area contributed by atoms with Crippen molar-refractivity contribution in [1.82, 2.24) is 5.32 Å². The van der Waals surface area contributed by atoms with E-state index in [-0.39, 0.29) is 5.25 Å². The molecule has 0 radical (unpaired) electrons. The zero-order valence-electron chi connectivity index (χ0n) is 11.1. The van der Waals surface area contributed by atoms with Crippen molar-refractivity contribution < 1.29 is 8.95 Å². The normalized spacial score (nSPS) is 17.0. The molecule has 1 N–H and O–H groups in total. The first-order valence-corrected chi connectivity index (χ1v) is 7.59. The third-order valence-electron chi connectivity index (χ3n) is 2.57. The van der Waals surface area contributed by atoms with Crippen molar-refractivity contribution in [3.05, 3.63) is 0 Å². The number of rotatable bonds is 10. The van der Waals surface area contributed by atoms with Gasteiger partial charge in [-0.05, 0) is 32.7 Å². The van der Waals surface area contributed by atoms with E-state index < -0.39 is 10.8 Å². The van der Waals surface area contributed by atoms with Crippen LogP contribution in [0, 0.1) is 0 Å². The van der Waals surface area contributed by atoms with E-state index in [0.29, 0.717) is 12.6 Å². The lowest BCUT2D eigenvalue weighted by atomic mass is 10.2. The largest absolute Gasteiger partial charge is 0.385 e. The first-order chi connectivity index (χ1) is 7.61. The van der Waals surface area contributed by atoms with Gasteiger partial charge >= 0.3 is 0 Å². The van der Waals surface area contributed by atoms with Gasteiger partial charge in [0.1, 0.15) is 0 Å². The summed E-state index contributed by atoms with van der Waals surface area (Å²) in [5.74, 6) is 0.759. The number of hydrogen-bond acceptors (Lipinski definition) is 3. The highest BCUT2D eigenvalue weighted by Gasteiger charge is 2.14. The summed E-state index contributed by atoms with van der Waals surface area (Å²) in [4.78, 5) is 0. The van der Waals surface area contributed by atoms with Crippen LogP contribution < -0.4 is 5.32 Å². The van der Waals surface area contributed by atoms with Crippen LogP contribution in [-0.2, 0) is 15.5 Å². The van der Waals surface area contributed by atoms with Crippen LogP contribution in [0.2, 0.25) is 0 Å². The summed E-state index contributed by atoms with van der Waals surface area (Å²) in [5, 5.41) is 3.70. The van der Waals surface area contributed by atoms with Gasteiger partial charge in [0.25, 0.3) is 0 Å². The zero-order valence-corrected chi connectivity index (χ0v) is 11.9. The molecule has 0 heterocycles. The second kappa shape index (κ2) is 10.2. The van der Waals surface area contributed by atoms with Crippen LogP contribution in [0.25, 0.3) is 0 Å². The molecule has 0 saturated carbocycles. The van der Waals surface area contributed by atoms with E-state index in [4.69, 9.17) is 4.74 Å². The van der Waals surface area contributed by atoms with Crippen molar-refractivity contribution in [3.8, 4) is 0 Å². The zero-order chi connectivity index (χ0) is 12.4. The lowest BCUT2D eigenvalue weighted by molar-refractivity contribution is 0.200. The predicted molar refractivity (Wildman–Crippen MR) is 71.3 cm³/mol. The van der Waals surface area contributed by atoms with Crippen LogP contribution in [0.15, 0.2) is 0 Å². The van der Waals surface area contributed by atoms with Crippen molar-refractivity contribution in [1.29, 1.82) is 0 Å². The van der Waals surface area contributed by atoms with E-state index >= 15 is 0 Å². The molecule has 3 unspecified atom stereocenters. The van der Waals surface area contributed by atoms with Crippen molar-refractivity contribution >= 4 is 10.8 Å². The van der Waals surface area contributed by atoms with Gasteiger partial charge in [-0.2, -0.15) is 0 Å². The minimum Gasteiger partial charge on any atom is -0.385 e. The van der Waals surface area contributed by atoms with Gasteiger partial charge in [0.05, 0.1) is 0 Å². The number of ether oxygens (including phenoxy) is 1. The van der Waals surface area contributed by atoms with E-state index in [1.807, 2.05) is 0 Å². The molecule has 0 aromatic carbocycles. The van der Waals surface area contributed by atoms with Crippen LogP contribution in [0.1, 0.15) is 40.0 Å². The van der Waals surface area contributed by atoms with E-state index in [1.165, 1.54) is 0 Å². The molecule has 0 aliphatic heterocycles. The highest BCUT2D eigenvalue weighted by atomic mass is 32.2. The maximum Gasteiger partial charge on any atom is 0.0471 e. The summed E-state index contributed by atoms with van der Waals surface area (Å²) < 4.78 is 16.8. The molecule has 0 aromatic heterocycles. The fraction of sp³-hybridized carbons (Fsp3) is 1.00. The molecule has 0 rings (SSSR count). The van der Waals surface area contributed by atoms with Gasteiger partial charge in [-0.25, -0.2) is 0 Å². The Morgan fingerprint density at radius 2 is 2.06 bits per heavy atom. The van der Waals surface area contributed by atoms with Gasteiger partial charge in [-0.1, -0.05) is 13.8 Å². The summed E-state index contributed by atoms with van der Waals surface area (Å²) in [7, 11) is 0.971. The van der Waals surface area contributed by atoms with Crippen LogP contribution >= 0.6 is 0 Å². The minimum atomic E-state index is -0.712. The fourth-order valence-electron chi connectivity index (χ4n) is 1.63. The second-order valence-electron chi connectivity index (χ2n) is 4.33. The van der Waals surface area contributed by atoms with Gasteiger partial charge in [0.15, 0.2) is 0 Å². The SMILES string of the molecule is CCCNC(C)CC(C)S(=O)CCCOC. The van der Waals surface area contributed by atoms with E-state index in [0.717, 1.165) is 31.6 Å². The Bertz CT molecular complexity index is 188.